The van der Waals surface area contributed by atoms with Gasteiger partial charge in [0.1, 0.15) is 30.7 Å². The predicted molar refractivity (Wildman–Crippen MR) is 89.5 cm³/mol. The van der Waals surface area contributed by atoms with Gasteiger partial charge in [-0.2, -0.15) is 5.10 Å². The number of amides is 1. The van der Waals surface area contributed by atoms with Crippen molar-refractivity contribution in [2.24, 2.45) is 0 Å². The second-order valence-corrected chi connectivity index (χ2v) is 5.34. The fraction of sp³-hybridized carbons (Fsp3) is 0.167. The summed E-state index contributed by atoms with van der Waals surface area (Å²) in [4.78, 5) is 15.9. The van der Waals surface area contributed by atoms with Gasteiger partial charge >= 0.3 is 0 Å². The number of aromatic nitrogens is 3. The van der Waals surface area contributed by atoms with Gasteiger partial charge in [-0.15, -0.1) is 0 Å². The number of ether oxygens (including phenoxy) is 1. The van der Waals surface area contributed by atoms with Crippen LogP contribution < -0.4 is 10.1 Å². The highest BCUT2D eigenvalue weighted by Crippen LogP contribution is 2.29. The average molecular weight is 322 g/mol. The van der Waals surface area contributed by atoms with E-state index in [4.69, 9.17) is 4.74 Å². The van der Waals surface area contributed by atoms with Gasteiger partial charge in [-0.3, -0.25) is 4.79 Å². The summed E-state index contributed by atoms with van der Waals surface area (Å²) in [5, 5.41) is 6.88. The van der Waals surface area contributed by atoms with Gasteiger partial charge in [0.25, 0.3) is 0 Å². The highest BCUT2D eigenvalue weighted by Gasteiger charge is 2.15. The van der Waals surface area contributed by atoms with E-state index in [-0.39, 0.29) is 18.5 Å². The Kier molecular flexibility index (Phi) is 4.86. The third-order valence-corrected chi connectivity index (χ3v) is 3.51. The Labute approximate surface area is 140 Å². The Morgan fingerprint density at radius 2 is 1.92 bits per heavy atom. The number of benzene rings is 2. The number of hydrogen-bond donors (Lipinski definition) is 1. The van der Waals surface area contributed by atoms with E-state index >= 15 is 0 Å². The van der Waals surface area contributed by atoms with Crippen LogP contribution in [0.1, 0.15) is 18.5 Å². The minimum atomic E-state index is -0.194. The third kappa shape index (κ3) is 3.98. The van der Waals surface area contributed by atoms with E-state index in [9.17, 15) is 4.79 Å². The van der Waals surface area contributed by atoms with Crippen LogP contribution in [0.5, 0.6) is 11.5 Å². The number of para-hydroxylation sites is 2. The van der Waals surface area contributed by atoms with Crippen LogP contribution in [0.15, 0.2) is 67.3 Å². The summed E-state index contributed by atoms with van der Waals surface area (Å²) in [6.07, 6.45) is 2.91. The molecule has 0 saturated carbocycles. The molecule has 0 spiro atoms. The van der Waals surface area contributed by atoms with Crippen LogP contribution in [0.2, 0.25) is 0 Å². The third-order valence-electron chi connectivity index (χ3n) is 3.51. The number of nitrogens with one attached hydrogen (secondary N) is 1. The van der Waals surface area contributed by atoms with Crippen LogP contribution in [0, 0.1) is 0 Å². The van der Waals surface area contributed by atoms with E-state index in [0.717, 1.165) is 17.1 Å². The molecule has 1 heterocycles. The summed E-state index contributed by atoms with van der Waals surface area (Å²) in [6.45, 7) is 2.05. The van der Waals surface area contributed by atoms with Gasteiger partial charge in [0.2, 0.25) is 5.91 Å². The standard InChI is InChI=1S/C18H18N4O2/c1-14(21-18(23)11-22-13-19-12-20-22)16-9-5-6-10-17(16)24-15-7-3-2-4-8-15/h2-10,12-14H,11H2,1H3,(H,21,23). The first-order valence-electron chi connectivity index (χ1n) is 7.66. The summed E-state index contributed by atoms with van der Waals surface area (Å²) in [7, 11) is 0. The molecule has 0 saturated heterocycles. The van der Waals surface area contributed by atoms with Crippen molar-refractivity contribution in [3.8, 4) is 11.5 Å². The molecule has 0 aliphatic carbocycles. The van der Waals surface area contributed by atoms with Crippen LogP contribution in [-0.2, 0) is 11.3 Å². The van der Waals surface area contributed by atoms with Crippen LogP contribution in [0.25, 0.3) is 0 Å². The molecular weight excluding hydrogens is 304 g/mol. The maximum absolute atomic E-state index is 12.1. The highest BCUT2D eigenvalue weighted by atomic mass is 16.5. The number of carbonyl (C=O) groups excluding carboxylic acids is 1. The van der Waals surface area contributed by atoms with Crippen molar-refractivity contribution in [2.45, 2.75) is 19.5 Å². The minimum absolute atomic E-state index is 0.131. The molecule has 24 heavy (non-hydrogen) atoms. The molecule has 1 aromatic heterocycles. The van der Waals surface area contributed by atoms with Gasteiger partial charge in [0.05, 0.1) is 6.04 Å². The molecule has 0 bridgehead atoms. The Morgan fingerprint density at radius 1 is 1.17 bits per heavy atom. The Morgan fingerprint density at radius 3 is 2.67 bits per heavy atom. The molecule has 0 aliphatic heterocycles. The first kappa shape index (κ1) is 15.7. The van der Waals surface area contributed by atoms with Crippen molar-refractivity contribution in [3.63, 3.8) is 0 Å². The summed E-state index contributed by atoms with van der Waals surface area (Å²) < 4.78 is 7.42. The maximum Gasteiger partial charge on any atom is 0.242 e. The molecular formula is C18H18N4O2. The van der Waals surface area contributed by atoms with Crippen LogP contribution in [0.4, 0.5) is 0 Å². The lowest BCUT2D eigenvalue weighted by Crippen LogP contribution is -2.30. The van der Waals surface area contributed by atoms with Crippen LogP contribution >= 0.6 is 0 Å². The Bertz CT molecular complexity index is 788. The van der Waals surface area contributed by atoms with Gasteiger partial charge in [-0.1, -0.05) is 36.4 Å². The first-order valence-corrected chi connectivity index (χ1v) is 7.66. The predicted octanol–water partition coefficient (Wildman–Crippen LogP) is 2.95. The van der Waals surface area contributed by atoms with E-state index in [1.807, 2.05) is 61.5 Å². The molecule has 122 valence electrons. The van der Waals surface area contributed by atoms with Gasteiger partial charge in [0, 0.05) is 5.56 Å². The van der Waals surface area contributed by atoms with Crippen molar-refractivity contribution in [1.29, 1.82) is 0 Å². The minimum Gasteiger partial charge on any atom is -0.457 e. The van der Waals surface area contributed by atoms with Crippen molar-refractivity contribution < 1.29 is 9.53 Å². The van der Waals surface area contributed by atoms with E-state index in [2.05, 4.69) is 15.4 Å². The molecule has 2 aromatic carbocycles. The fourth-order valence-corrected chi connectivity index (χ4v) is 2.37. The summed E-state index contributed by atoms with van der Waals surface area (Å²) in [5.41, 5.74) is 0.910. The SMILES string of the molecule is CC(NC(=O)Cn1cncn1)c1ccccc1Oc1ccccc1. The molecule has 1 amide bonds. The second kappa shape index (κ2) is 7.41. The second-order valence-electron chi connectivity index (χ2n) is 5.34. The fourth-order valence-electron chi connectivity index (χ4n) is 2.37. The molecule has 1 atom stereocenters. The molecule has 3 rings (SSSR count). The molecule has 0 aliphatic rings. The molecule has 1 N–H and O–H groups in total. The number of hydrogen-bond acceptors (Lipinski definition) is 4. The Balaban J connectivity index is 1.70. The monoisotopic (exact) mass is 322 g/mol. The normalized spacial score (nSPS) is 11.7. The summed E-state index contributed by atoms with van der Waals surface area (Å²) in [5.74, 6) is 1.34. The van der Waals surface area contributed by atoms with Crippen molar-refractivity contribution in [2.75, 3.05) is 0 Å². The molecule has 0 fully saturated rings. The smallest absolute Gasteiger partial charge is 0.242 e. The number of nitrogens with zero attached hydrogens (tertiary/aromatic N) is 3. The Hall–Kier alpha value is -3.15. The molecule has 6 heteroatoms. The zero-order valence-electron chi connectivity index (χ0n) is 13.3. The zero-order chi connectivity index (χ0) is 16.8. The van der Waals surface area contributed by atoms with E-state index < -0.39 is 0 Å². The molecule has 6 nitrogen and oxygen atoms in total. The zero-order valence-corrected chi connectivity index (χ0v) is 13.3. The number of rotatable bonds is 6. The van der Waals surface area contributed by atoms with E-state index in [0.29, 0.717) is 0 Å². The lowest BCUT2D eigenvalue weighted by molar-refractivity contribution is -0.122. The lowest BCUT2D eigenvalue weighted by atomic mass is 10.1. The van der Waals surface area contributed by atoms with Gasteiger partial charge in [-0.05, 0) is 25.1 Å². The molecule has 0 radical (unpaired) electrons. The van der Waals surface area contributed by atoms with Crippen LogP contribution in [-0.4, -0.2) is 20.7 Å². The van der Waals surface area contributed by atoms with E-state index in [1.165, 1.54) is 17.3 Å². The largest absolute Gasteiger partial charge is 0.457 e. The van der Waals surface area contributed by atoms with E-state index in [1.54, 1.807) is 0 Å². The molecule has 3 aromatic rings. The topological polar surface area (TPSA) is 69.0 Å². The summed E-state index contributed by atoms with van der Waals surface area (Å²) in [6, 6.07) is 17.0. The first-order chi connectivity index (χ1) is 11.7. The quantitative estimate of drug-likeness (QED) is 0.757. The highest BCUT2D eigenvalue weighted by molar-refractivity contribution is 5.76. The van der Waals surface area contributed by atoms with Gasteiger partial charge in [0.15, 0.2) is 0 Å². The van der Waals surface area contributed by atoms with Gasteiger partial charge < -0.3 is 10.1 Å². The maximum atomic E-state index is 12.1. The average Bonchev–Trinajstić information content (AvgIpc) is 3.09. The lowest BCUT2D eigenvalue weighted by Gasteiger charge is -2.18. The van der Waals surface area contributed by atoms with Gasteiger partial charge in [-0.25, -0.2) is 9.67 Å². The molecule has 1 unspecified atom stereocenters. The van der Waals surface area contributed by atoms with Crippen molar-refractivity contribution in [1.82, 2.24) is 20.1 Å². The number of carbonyl (C=O) groups is 1. The van der Waals surface area contributed by atoms with Crippen LogP contribution in [0.3, 0.4) is 0 Å². The summed E-state index contributed by atoms with van der Waals surface area (Å²) >= 11 is 0. The van der Waals surface area contributed by atoms with Crippen molar-refractivity contribution in [3.05, 3.63) is 72.8 Å². The van der Waals surface area contributed by atoms with Crippen molar-refractivity contribution >= 4 is 5.91 Å².